The molecule has 1 amide bonds. The number of para-hydroxylation sites is 1. The fraction of sp³-hybridized carbons (Fsp3) is 0.167. The number of aryl methyl sites for hydroxylation is 2. The molecule has 0 bridgehead atoms. The summed E-state index contributed by atoms with van der Waals surface area (Å²) in [4.78, 5) is 24.0. The molecule has 0 radical (unpaired) electrons. The lowest BCUT2D eigenvalue weighted by Gasteiger charge is -2.18. The van der Waals surface area contributed by atoms with E-state index in [2.05, 4.69) is 21.5 Å². The zero-order valence-corrected chi connectivity index (χ0v) is 14.2. The zero-order chi connectivity index (χ0) is 18.5. The number of carbonyl (C=O) groups is 1. The first-order chi connectivity index (χ1) is 12.4. The summed E-state index contributed by atoms with van der Waals surface area (Å²) in [5, 5.41) is 17.6. The molecule has 8 heteroatoms. The summed E-state index contributed by atoms with van der Waals surface area (Å²) in [6.45, 7) is 3.96. The van der Waals surface area contributed by atoms with E-state index in [1.807, 2.05) is 32.0 Å². The Bertz CT molecular complexity index is 985. The maximum Gasteiger partial charge on any atom is 0.323 e. The van der Waals surface area contributed by atoms with E-state index in [0.717, 1.165) is 11.1 Å². The molecule has 0 saturated heterocycles. The zero-order valence-electron chi connectivity index (χ0n) is 14.2. The number of nitro groups is 1. The van der Waals surface area contributed by atoms with Crippen LogP contribution in [0.5, 0.6) is 0 Å². The van der Waals surface area contributed by atoms with Gasteiger partial charge in [0, 0.05) is 16.9 Å². The predicted octanol–water partition coefficient (Wildman–Crippen LogP) is 2.12. The van der Waals surface area contributed by atoms with Gasteiger partial charge in [-0.2, -0.15) is 0 Å². The van der Waals surface area contributed by atoms with Crippen molar-refractivity contribution >= 4 is 17.3 Å². The Morgan fingerprint density at radius 2 is 1.88 bits per heavy atom. The van der Waals surface area contributed by atoms with Crippen molar-refractivity contribution in [1.82, 2.24) is 10.9 Å². The largest absolute Gasteiger partial charge is 0.335 e. The van der Waals surface area contributed by atoms with Gasteiger partial charge in [0.15, 0.2) is 5.82 Å². The van der Waals surface area contributed by atoms with E-state index in [4.69, 9.17) is 0 Å². The third kappa shape index (κ3) is 2.16. The molecule has 1 atom stereocenters. The SMILES string of the molecule is Cc1ccc(NC2=C([N+](=O)[O-])C3(NN2)C(=O)Nc2ccccc23)cc1C. The van der Waals surface area contributed by atoms with Gasteiger partial charge in [-0.25, -0.2) is 5.43 Å². The number of hydrogen-bond acceptors (Lipinski definition) is 6. The summed E-state index contributed by atoms with van der Waals surface area (Å²) >= 11 is 0. The number of carbonyl (C=O) groups excluding carboxylic acids is 1. The van der Waals surface area contributed by atoms with Gasteiger partial charge in [-0.15, -0.1) is 0 Å². The third-order valence-corrected chi connectivity index (χ3v) is 4.85. The van der Waals surface area contributed by atoms with Crippen LogP contribution in [-0.2, 0) is 10.3 Å². The molecular formula is C18H17N5O3. The van der Waals surface area contributed by atoms with Crippen LogP contribution in [0.4, 0.5) is 11.4 Å². The average Bonchev–Trinajstić information content (AvgIpc) is 3.11. The average molecular weight is 351 g/mol. The number of nitrogens with one attached hydrogen (secondary N) is 4. The van der Waals surface area contributed by atoms with Crippen molar-refractivity contribution in [2.45, 2.75) is 19.4 Å². The van der Waals surface area contributed by atoms with E-state index in [9.17, 15) is 14.9 Å². The molecular weight excluding hydrogens is 334 g/mol. The van der Waals surface area contributed by atoms with E-state index in [-0.39, 0.29) is 11.5 Å². The van der Waals surface area contributed by atoms with Gasteiger partial charge < -0.3 is 10.6 Å². The molecule has 0 aromatic heterocycles. The van der Waals surface area contributed by atoms with Gasteiger partial charge in [0.1, 0.15) is 0 Å². The number of nitrogens with zero attached hydrogens (tertiary/aromatic N) is 1. The molecule has 1 unspecified atom stereocenters. The monoisotopic (exact) mass is 351 g/mol. The van der Waals surface area contributed by atoms with Crippen LogP contribution in [0, 0.1) is 24.0 Å². The second-order valence-electron chi connectivity index (χ2n) is 6.40. The fourth-order valence-electron chi connectivity index (χ4n) is 3.36. The molecule has 0 saturated carbocycles. The molecule has 132 valence electrons. The van der Waals surface area contributed by atoms with Crippen LogP contribution in [0.15, 0.2) is 54.0 Å². The first kappa shape index (κ1) is 16.1. The highest BCUT2D eigenvalue weighted by molar-refractivity contribution is 6.08. The molecule has 4 N–H and O–H groups in total. The highest BCUT2D eigenvalue weighted by Gasteiger charge is 2.61. The maximum absolute atomic E-state index is 12.7. The third-order valence-electron chi connectivity index (χ3n) is 4.85. The number of hydrogen-bond donors (Lipinski definition) is 4. The van der Waals surface area contributed by atoms with E-state index in [0.29, 0.717) is 16.9 Å². The van der Waals surface area contributed by atoms with Gasteiger partial charge in [-0.3, -0.25) is 20.3 Å². The van der Waals surface area contributed by atoms with Crippen molar-refractivity contribution in [2.75, 3.05) is 10.6 Å². The number of fused-ring (bicyclic) bond motifs is 2. The van der Waals surface area contributed by atoms with Gasteiger partial charge in [-0.05, 0) is 43.2 Å². The quantitative estimate of drug-likeness (QED) is 0.498. The summed E-state index contributed by atoms with van der Waals surface area (Å²) in [6.07, 6.45) is 0. The molecule has 0 fully saturated rings. The number of rotatable bonds is 3. The molecule has 2 aromatic carbocycles. The van der Waals surface area contributed by atoms with Crippen molar-refractivity contribution in [2.24, 2.45) is 0 Å². The molecule has 4 rings (SSSR count). The van der Waals surface area contributed by atoms with Gasteiger partial charge in [0.05, 0.1) is 4.92 Å². The van der Waals surface area contributed by atoms with Crippen molar-refractivity contribution in [3.8, 4) is 0 Å². The fourth-order valence-corrected chi connectivity index (χ4v) is 3.36. The van der Waals surface area contributed by atoms with E-state index >= 15 is 0 Å². The number of benzene rings is 2. The van der Waals surface area contributed by atoms with Gasteiger partial charge in [-0.1, -0.05) is 24.3 Å². The minimum absolute atomic E-state index is 0.144. The van der Waals surface area contributed by atoms with Crippen LogP contribution in [0.2, 0.25) is 0 Å². The van der Waals surface area contributed by atoms with Crippen LogP contribution in [0.3, 0.4) is 0 Å². The Labute approximate surface area is 149 Å². The number of amides is 1. The maximum atomic E-state index is 12.7. The van der Waals surface area contributed by atoms with Crippen molar-refractivity contribution in [1.29, 1.82) is 0 Å². The molecule has 2 aromatic rings. The lowest BCUT2D eigenvalue weighted by Crippen LogP contribution is -2.50. The van der Waals surface area contributed by atoms with Gasteiger partial charge >= 0.3 is 5.70 Å². The Morgan fingerprint density at radius 3 is 2.62 bits per heavy atom. The summed E-state index contributed by atoms with van der Waals surface area (Å²) in [5.74, 6) is -0.347. The smallest absolute Gasteiger partial charge is 0.323 e. The van der Waals surface area contributed by atoms with Crippen molar-refractivity contribution < 1.29 is 9.72 Å². The lowest BCUT2D eigenvalue weighted by molar-refractivity contribution is -0.434. The van der Waals surface area contributed by atoms with Crippen LogP contribution in [0.25, 0.3) is 0 Å². The van der Waals surface area contributed by atoms with E-state index < -0.39 is 16.4 Å². The molecule has 2 aliphatic heterocycles. The summed E-state index contributed by atoms with van der Waals surface area (Å²) in [7, 11) is 0. The van der Waals surface area contributed by atoms with Crippen molar-refractivity contribution in [3.05, 3.63) is 80.8 Å². The van der Waals surface area contributed by atoms with Crippen LogP contribution < -0.4 is 21.5 Å². The Kier molecular flexibility index (Phi) is 3.45. The second kappa shape index (κ2) is 5.57. The Morgan fingerprint density at radius 1 is 1.12 bits per heavy atom. The van der Waals surface area contributed by atoms with E-state index in [1.165, 1.54) is 0 Å². The summed E-state index contributed by atoms with van der Waals surface area (Å²) in [6, 6.07) is 12.6. The van der Waals surface area contributed by atoms with Crippen LogP contribution in [-0.4, -0.2) is 10.8 Å². The standard InChI is InChI=1S/C18H17N5O3/c1-10-7-8-12(9-11(10)2)19-16-15(23(25)26)18(22-21-16)13-5-3-4-6-14(13)20-17(18)24/h3-9,19,21-22H,1-2H3,(H,20,24). The molecule has 0 aliphatic carbocycles. The van der Waals surface area contributed by atoms with E-state index in [1.54, 1.807) is 24.3 Å². The molecule has 2 aliphatic rings. The topological polar surface area (TPSA) is 108 Å². The first-order valence-electron chi connectivity index (χ1n) is 8.11. The number of anilines is 2. The number of hydrazine groups is 1. The van der Waals surface area contributed by atoms with Crippen LogP contribution >= 0.6 is 0 Å². The highest BCUT2D eigenvalue weighted by Crippen LogP contribution is 2.43. The molecule has 26 heavy (non-hydrogen) atoms. The first-order valence-corrected chi connectivity index (χ1v) is 8.11. The van der Waals surface area contributed by atoms with Crippen LogP contribution in [0.1, 0.15) is 16.7 Å². The molecule has 2 heterocycles. The summed E-state index contributed by atoms with van der Waals surface area (Å²) < 4.78 is 0. The normalized spacial score (nSPS) is 20.8. The molecule has 1 spiro atoms. The van der Waals surface area contributed by atoms with Gasteiger partial charge in [0.25, 0.3) is 5.91 Å². The predicted molar refractivity (Wildman–Crippen MR) is 96.6 cm³/mol. The minimum atomic E-state index is -1.58. The highest BCUT2D eigenvalue weighted by atomic mass is 16.6. The minimum Gasteiger partial charge on any atom is -0.335 e. The summed E-state index contributed by atoms with van der Waals surface area (Å²) in [5.41, 5.74) is 7.71. The Balaban J connectivity index is 1.83. The molecule has 8 nitrogen and oxygen atoms in total. The Hall–Kier alpha value is -3.39. The second-order valence-corrected chi connectivity index (χ2v) is 6.40. The lowest BCUT2D eigenvalue weighted by atomic mass is 9.89. The van der Waals surface area contributed by atoms with Gasteiger partial charge in [0.2, 0.25) is 5.54 Å². The van der Waals surface area contributed by atoms with Crippen molar-refractivity contribution in [3.63, 3.8) is 0 Å².